The first kappa shape index (κ1) is 13.4. The molecular weight excluding hydrogens is 266 g/mol. The first-order valence-electron chi connectivity index (χ1n) is 6.78. The standard InChI is InChI=1S/C16H17N3O2/c1-16(2,3)21-15(20)18-12-8-11-6-4-5-7-13(11)19-10-17-9-14(12)19/h4-10H,1-3H3,(H,18,20). The van der Waals surface area contributed by atoms with E-state index >= 15 is 0 Å². The van der Waals surface area contributed by atoms with Gasteiger partial charge in [0.25, 0.3) is 0 Å². The molecule has 108 valence electrons. The van der Waals surface area contributed by atoms with Crippen LogP contribution in [0.15, 0.2) is 42.9 Å². The highest BCUT2D eigenvalue weighted by atomic mass is 16.6. The van der Waals surface area contributed by atoms with Gasteiger partial charge in [0.1, 0.15) is 5.60 Å². The molecule has 0 saturated carbocycles. The summed E-state index contributed by atoms with van der Waals surface area (Å²) in [7, 11) is 0. The van der Waals surface area contributed by atoms with E-state index in [1.807, 2.05) is 55.5 Å². The van der Waals surface area contributed by atoms with Gasteiger partial charge in [-0.25, -0.2) is 9.78 Å². The van der Waals surface area contributed by atoms with E-state index in [9.17, 15) is 4.79 Å². The Hall–Kier alpha value is -2.56. The summed E-state index contributed by atoms with van der Waals surface area (Å²) in [5, 5.41) is 3.82. The number of carbonyl (C=O) groups excluding carboxylic acids is 1. The van der Waals surface area contributed by atoms with Gasteiger partial charge in [0.2, 0.25) is 0 Å². The molecule has 1 N–H and O–H groups in total. The Balaban J connectivity index is 2.05. The summed E-state index contributed by atoms with van der Waals surface area (Å²) in [6.07, 6.45) is 2.98. The van der Waals surface area contributed by atoms with Gasteiger partial charge in [-0.3, -0.25) is 9.72 Å². The molecule has 0 bridgehead atoms. The highest BCUT2D eigenvalue weighted by Gasteiger charge is 2.17. The predicted molar refractivity (Wildman–Crippen MR) is 82.6 cm³/mol. The van der Waals surface area contributed by atoms with Crippen molar-refractivity contribution in [3.63, 3.8) is 0 Å². The lowest BCUT2D eigenvalue weighted by molar-refractivity contribution is 0.0636. The van der Waals surface area contributed by atoms with Gasteiger partial charge >= 0.3 is 6.09 Å². The van der Waals surface area contributed by atoms with Crippen LogP contribution in [0, 0.1) is 0 Å². The maximum absolute atomic E-state index is 12.0. The van der Waals surface area contributed by atoms with Gasteiger partial charge in [0.05, 0.1) is 29.2 Å². The summed E-state index contributed by atoms with van der Waals surface area (Å²) in [6, 6.07) is 9.87. The topological polar surface area (TPSA) is 55.6 Å². The third kappa shape index (κ3) is 2.67. The Morgan fingerprint density at radius 2 is 2.00 bits per heavy atom. The van der Waals surface area contributed by atoms with E-state index in [1.54, 1.807) is 12.5 Å². The SMILES string of the molecule is CC(C)(C)OC(=O)Nc1cc2ccccc2n2cncc12. The number of nitrogens with zero attached hydrogens (tertiary/aromatic N) is 2. The number of hydrogen-bond donors (Lipinski definition) is 1. The molecule has 0 spiro atoms. The minimum absolute atomic E-state index is 0.471. The largest absolute Gasteiger partial charge is 0.444 e. The average Bonchev–Trinajstić information content (AvgIpc) is 2.86. The van der Waals surface area contributed by atoms with Gasteiger partial charge in [-0.15, -0.1) is 0 Å². The molecule has 5 heteroatoms. The van der Waals surface area contributed by atoms with Gasteiger partial charge in [-0.2, -0.15) is 0 Å². The van der Waals surface area contributed by atoms with Crippen molar-refractivity contribution in [2.24, 2.45) is 0 Å². The zero-order valence-electron chi connectivity index (χ0n) is 12.3. The lowest BCUT2D eigenvalue weighted by Gasteiger charge is -2.20. The Kier molecular flexibility index (Phi) is 3.05. The van der Waals surface area contributed by atoms with Gasteiger partial charge in [-0.05, 0) is 32.9 Å². The molecule has 1 amide bonds. The molecule has 0 atom stereocenters. The van der Waals surface area contributed by atoms with Crippen molar-refractivity contribution in [1.82, 2.24) is 9.38 Å². The minimum Gasteiger partial charge on any atom is -0.444 e. The van der Waals surface area contributed by atoms with Gasteiger partial charge < -0.3 is 4.74 Å². The van der Waals surface area contributed by atoms with E-state index in [2.05, 4.69) is 10.3 Å². The summed E-state index contributed by atoms with van der Waals surface area (Å²) < 4.78 is 7.25. The third-order valence-corrected chi connectivity index (χ3v) is 3.05. The fourth-order valence-corrected chi connectivity index (χ4v) is 2.26. The molecule has 3 rings (SSSR count). The fraction of sp³-hybridized carbons (Fsp3) is 0.250. The molecule has 0 unspecified atom stereocenters. The molecule has 0 aliphatic rings. The Bertz CT molecular complexity index is 815. The van der Waals surface area contributed by atoms with Crippen LogP contribution in [0.3, 0.4) is 0 Å². The van der Waals surface area contributed by atoms with Crippen LogP contribution in [0.2, 0.25) is 0 Å². The maximum Gasteiger partial charge on any atom is 0.412 e. The van der Waals surface area contributed by atoms with E-state index in [0.717, 1.165) is 16.4 Å². The number of amides is 1. The minimum atomic E-state index is -0.530. The number of anilines is 1. The number of rotatable bonds is 1. The number of para-hydroxylation sites is 1. The quantitative estimate of drug-likeness (QED) is 0.738. The lowest BCUT2D eigenvalue weighted by Crippen LogP contribution is -2.27. The molecule has 21 heavy (non-hydrogen) atoms. The Labute approximate surface area is 122 Å². The molecule has 0 fully saturated rings. The molecule has 0 aliphatic carbocycles. The summed E-state index contributed by atoms with van der Waals surface area (Å²) >= 11 is 0. The van der Waals surface area contributed by atoms with E-state index in [-0.39, 0.29) is 0 Å². The van der Waals surface area contributed by atoms with Crippen molar-refractivity contribution >= 4 is 28.2 Å². The van der Waals surface area contributed by atoms with Crippen molar-refractivity contribution in [3.8, 4) is 0 Å². The van der Waals surface area contributed by atoms with E-state index in [1.165, 1.54) is 0 Å². The van der Waals surface area contributed by atoms with Crippen molar-refractivity contribution in [2.45, 2.75) is 26.4 Å². The monoisotopic (exact) mass is 283 g/mol. The molecule has 0 radical (unpaired) electrons. The molecule has 0 saturated heterocycles. The number of hydrogen-bond acceptors (Lipinski definition) is 3. The molecule has 5 nitrogen and oxygen atoms in total. The fourth-order valence-electron chi connectivity index (χ4n) is 2.26. The number of benzene rings is 1. The number of imidazole rings is 1. The van der Waals surface area contributed by atoms with Crippen molar-refractivity contribution < 1.29 is 9.53 Å². The Morgan fingerprint density at radius 1 is 1.24 bits per heavy atom. The lowest BCUT2D eigenvalue weighted by atomic mass is 10.2. The van der Waals surface area contributed by atoms with Crippen LogP contribution in [-0.2, 0) is 4.74 Å². The smallest absolute Gasteiger partial charge is 0.412 e. The van der Waals surface area contributed by atoms with Gasteiger partial charge in [0.15, 0.2) is 0 Å². The molecule has 2 heterocycles. The van der Waals surface area contributed by atoms with Crippen LogP contribution in [0.25, 0.3) is 16.4 Å². The zero-order chi connectivity index (χ0) is 15.0. The van der Waals surface area contributed by atoms with Gasteiger partial charge in [-0.1, -0.05) is 18.2 Å². The number of fused-ring (bicyclic) bond motifs is 3. The number of carbonyl (C=O) groups is 1. The van der Waals surface area contributed by atoms with Gasteiger partial charge in [0, 0.05) is 5.39 Å². The molecule has 3 aromatic rings. The zero-order valence-corrected chi connectivity index (χ0v) is 12.3. The predicted octanol–water partition coefficient (Wildman–Crippen LogP) is 3.83. The summed E-state index contributed by atoms with van der Waals surface area (Å²) in [6.45, 7) is 5.50. The average molecular weight is 283 g/mol. The molecule has 0 aliphatic heterocycles. The summed E-state index contributed by atoms with van der Waals surface area (Å²) in [4.78, 5) is 16.1. The number of nitrogens with one attached hydrogen (secondary N) is 1. The van der Waals surface area contributed by atoms with Crippen LogP contribution >= 0.6 is 0 Å². The first-order valence-corrected chi connectivity index (χ1v) is 6.78. The van der Waals surface area contributed by atoms with Crippen molar-refractivity contribution in [3.05, 3.63) is 42.9 Å². The second-order valence-electron chi connectivity index (χ2n) is 5.89. The number of pyridine rings is 1. The normalized spacial score (nSPS) is 11.8. The number of ether oxygens (including phenoxy) is 1. The molecule has 2 aromatic heterocycles. The Morgan fingerprint density at radius 3 is 2.76 bits per heavy atom. The second-order valence-corrected chi connectivity index (χ2v) is 5.89. The van der Waals surface area contributed by atoms with Crippen LogP contribution in [-0.4, -0.2) is 21.1 Å². The van der Waals surface area contributed by atoms with Crippen molar-refractivity contribution in [2.75, 3.05) is 5.32 Å². The van der Waals surface area contributed by atoms with E-state index in [0.29, 0.717) is 5.69 Å². The molecular formula is C16H17N3O2. The van der Waals surface area contributed by atoms with Crippen molar-refractivity contribution in [1.29, 1.82) is 0 Å². The van der Waals surface area contributed by atoms with E-state index < -0.39 is 11.7 Å². The highest BCUT2D eigenvalue weighted by molar-refractivity contribution is 5.96. The molecule has 1 aromatic carbocycles. The first-order chi connectivity index (χ1) is 9.94. The number of aromatic nitrogens is 2. The maximum atomic E-state index is 12.0. The van der Waals surface area contributed by atoms with Crippen LogP contribution in [0.4, 0.5) is 10.5 Å². The van der Waals surface area contributed by atoms with Crippen LogP contribution in [0.1, 0.15) is 20.8 Å². The second kappa shape index (κ2) is 4.77. The third-order valence-electron chi connectivity index (χ3n) is 3.05. The summed E-state index contributed by atoms with van der Waals surface area (Å²) in [5.74, 6) is 0. The van der Waals surface area contributed by atoms with E-state index in [4.69, 9.17) is 4.74 Å². The van der Waals surface area contributed by atoms with Crippen LogP contribution < -0.4 is 5.32 Å². The highest BCUT2D eigenvalue weighted by Crippen LogP contribution is 2.25. The summed E-state index contributed by atoms with van der Waals surface area (Å²) in [5.41, 5.74) is 2.03. The van der Waals surface area contributed by atoms with Crippen LogP contribution in [0.5, 0.6) is 0 Å².